The fourth-order valence-electron chi connectivity index (χ4n) is 4.67. The molecule has 0 aliphatic carbocycles. The van der Waals surface area contributed by atoms with Crippen LogP contribution in [0.2, 0.25) is 0 Å². The zero-order valence-corrected chi connectivity index (χ0v) is 21.0. The van der Waals surface area contributed by atoms with E-state index in [1.807, 2.05) is 42.5 Å². The zero-order chi connectivity index (χ0) is 26.6. The standard InChI is InChI=1S/C32H26O6/c1-36-27-19-23(14-16-26(27)34)31-29(30(35)22-11-7-4-8-12-22)24-17-20(18-28(37-2)32(24)38-31)13-15-25(33)21-9-5-3-6-10-21/h3-19,29,31,34H,1-2H3/b15-13+/t29-,31-/m1/s1. The van der Waals surface area contributed by atoms with Crippen molar-refractivity contribution in [2.75, 3.05) is 14.2 Å². The summed E-state index contributed by atoms with van der Waals surface area (Å²) in [4.78, 5) is 26.6. The second kappa shape index (κ2) is 10.6. The second-order valence-corrected chi connectivity index (χ2v) is 8.88. The first kappa shape index (κ1) is 24.8. The van der Waals surface area contributed by atoms with E-state index in [0.717, 1.165) is 0 Å². The van der Waals surface area contributed by atoms with E-state index in [1.54, 1.807) is 48.5 Å². The number of benzene rings is 4. The number of rotatable bonds is 8. The summed E-state index contributed by atoms with van der Waals surface area (Å²) in [6, 6.07) is 26.6. The van der Waals surface area contributed by atoms with E-state index in [4.69, 9.17) is 14.2 Å². The van der Waals surface area contributed by atoms with Crippen LogP contribution in [-0.2, 0) is 0 Å². The minimum atomic E-state index is -0.700. The Kier molecular flexibility index (Phi) is 6.96. The van der Waals surface area contributed by atoms with E-state index >= 15 is 0 Å². The van der Waals surface area contributed by atoms with E-state index < -0.39 is 12.0 Å². The molecule has 1 N–H and O–H groups in total. The molecule has 1 heterocycles. The van der Waals surface area contributed by atoms with Crippen molar-refractivity contribution in [3.63, 3.8) is 0 Å². The van der Waals surface area contributed by atoms with Crippen LogP contribution in [-0.4, -0.2) is 30.9 Å². The maximum Gasteiger partial charge on any atom is 0.185 e. The van der Waals surface area contributed by atoms with Gasteiger partial charge in [-0.2, -0.15) is 0 Å². The van der Waals surface area contributed by atoms with Gasteiger partial charge in [-0.3, -0.25) is 9.59 Å². The summed E-state index contributed by atoms with van der Waals surface area (Å²) in [6.45, 7) is 0. The van der Waals surface area contributed by atoms with Crippen LogP contribution in [0.25, 0.3) is 6.08 Å². The van der Waals surface area contributed by atoms with Gasteiger partial charge in [-0.25, -0.2) is 0 Å². The van der Waals surface area contributed by atoms with Gasteiger partial charge in [0, 0.05) is 16.7 Å². The number of carbonyl (C=O) groups is 2. The van der Waals surface area contributed by atoms with Gasteiger partial charge < -0.3 is 19.3 Å². The monoisotopic (exact) mass is 506 g/mol. The Balaban J connectivity index is 1.59. The highest BCUT2D eigenvalue weighted by atomic mass is 16.5. The summed E-state index contributed by atoms with van der Waals surface area (Å²) in [5.74, 6) is 0.235. The van der Waals surface area contributed by atoms with Gasteiger partial charge in [0.25, 0.3) is 0 Å². The third kappa shape index (κ3) is 4.76. The van der Waals surface area contributed by atoms with Gasteiger partial charge in [0.2, 0.25) is 0 Å². The molecular formula is C32H26O6. The molecule has 0 unspecified atom stereocenters. The molecule has 0 radical (unpaired) electrons. The summed E-state index contributed by atoms with van der Waals surface area (Å²) >= 11 is 0. The van der Waals surface area contributed by atoms with Crippen molar-refractivity contribution < 1.29 is 28.9 Å². The van der Waals surface area contributed by atoms with Crippen molar-refractivity contribution in [1.82, 2.24) is 0 Å². The minimum absolute atomic E-state index is 0.00853. The van der Waals surface area contributed by atoms with Crippen molar-refractivity contribution in [2.45, 2.75) is 12.0 Å². The van der Waals surface area contributed by atoms with Gasteiger partial charge in [0.1, 0.15) is 6.10 Å². The lowest BCUT2D eigenvalue weighted by Gasteiger charge is -2.19. The number of methoxy groups -OCH3 is 2. The Morgan fingerprint density at radius 1 is 0.816 bits per heavy atom. The molecule has 0 spiro atoms. The Bertz CT molecular complexity index is 1510. The Morgan fingerprint density at radius 3 is 2.13 bits per heavy atom. The number of phenols is 1. The molecule has 2 atom stereocenters. The van der Waals surface area contributed by atoms with E-state index in [-0.39, 0.29) is 23.1 Å². The minimum Gasteiger partial charge on any atom is -0.504 e. The summed E-state index contributed by atoms with van der Waals surface area (Å²) in [5.41, 5.74) is 3.15. The number of phenolic OH excluding ortho intramolecular Hbond substituents is 1. The third-order valence-corrected chi connectivity index (χ3v) is 6.57. The number of hydrogen-bond acceptors (Lipinski definition) is 6. The van der Waals surface area contributed by atoms with Gasteiger partial charge >= 0.3 is 0 Å². The SMILES string of the molecule is COc1cc([C@H]2Oc3c(OC)cc(/C=C/C(=O)c4ccccc4)cc3[C@@H]2C(=O)c2ccccc2)ccc1O. The summed E-state index contributed by atoms with van der Waals surface area (Å²) in [6.07, 6.45) is 2.52. The van der Waals surface area contributed by atoms with Crippen molar-refractivity contribution in [1.29, 1.82) is 0 Å². The predicted octanol–water partition coefficient (Wildman–Crippen LogP) is 6.41. The fraction of sp³-hybridized carbons (Fsp3) is 0.125. The van der Waals surface area contributed by atoms with E-state index in [2.05, 4.69) is 0 Å². The average Bonchev–Trinajstić information content (AvgIpc) is 3.35. The first-order valence-corrected chi connectivity index (χ1v) is 12.1. The number of fused-ring (bicyclic) bond motifs is 1. The fourth-order valence-corrected chi connectivity index (χ4v) is 4.67. The quantitative estimate of drug-likeness (QED) is 0.220. The molecule has 5 rings (SSSR count). The molecule has 38 heavy (non-hydrogen) atoms. The lowest BCUT2D eigenvalue weighted by atomic mass is 9.84. The van der Waals surface area contributed by atoms with Crippen LogP contribution in [0.4, 0.5) is 0 Å². The number of carbonyl (C=O) groups excluding carboxylic acids is 2. The first-order valence-electron chi connectivity index (χ1n) is 12.1. The van der Waals surface area contributed by atoms with E-state index in [0.29, 0.717) is 39.3 Å². The van der Waals surface area contributed by atoms with Crippen LogP contribution in [0.1, 0.15) is 49.4 Å². The van der Waals surface area contributed by atoms with Crippen LogP contribution in [0.3, 0.4) is 0 Å². The van der Waals surface area contributed by atoms with Crippen LogP contribution < -0.4 is 14.2 Å². The van der Waals surface area contributed by atoms with Gasteiger partial charge in [0.15, 0.2) is 34.6 Å². The normalized spacial score (nSPS) is 16.1. The third-order valence-electron chi connectivity index (χ3n) is 6.57. The number of ketones is 2. The molecule has 190 valence electrons. The molecule has 6 nitrogen and oxygen atoms in total. The van der Waals surface area contributed by atoms with Crippen LogP contribution in [0.15, 0.2) is 97.1 Å². The number of Topliss-reactive ketones (excluding diaryl/α,β-unsaturated/α-hetero) is 1. The van der Waals surface area contributed by atoms with Crippen molar-refractivity contribution in [3.05, 3.63) is 125 Å². The van der Waals surface area contributed by atoms with E-state index in [9.17, 15) is 14.7 Å². The molecule has 0 saturated carbocycles. The average molecular weight is 507 g/mol. The number of aromatic hydroxyl groups is 1. The Morgan fingerprint density at radius 2 is 1.47 bits per heavy atom. The highest BCUT2D eigenvalue weighted by Crippen LogP contribution is 2.52. The van der Waals surface area contributed by atoms with Crippen molar-refractivity contribution in [3.8, 4) is 23.0 Å². The molecule has 0 saturated heterocycles. The maximum absolute atomic E-state index is 13.9. The largest absolute Gasteiger partial charge is 0.504 e. The number of hydrogen-bond donors (Lipinski definition) is 1. The summed E-state index contributed by atoms with van der Waals surface area (Å²) < 4.78 is 17.3. The lowest BCUT2D eigenvalue weighted by molar-refractivity contribution is 0.0893. The second-order valence-electron chi connectivity index (χ2n) is 8.88. The summed E-state index contributed by atoms with van der Waals surface area (Å²) in [7, 11) is 3.00. The van der Waals surface area contributed by atoms with Crippen LogP contribution in [0.5, 0.6) is 23.0 Å². The summed E-state index contributed by atoms with van der Waals surface area (Å²) in [5, 5.41) is 10.1. The van der Waals surface area contributed by atoms with Crippen LogP contribution in [0, 0.1) is 0 Å². The Labute approximate surface area is 220 Å². The van der Waals surface area contributed by atoms with Crippen LogP contribution >= 0.6 is 0 Å². The molecule has 0 bridgehead atoms. The number of allylic oxidation sites excluding steroid dienone is 1. The van der Waals surface area contributed by atoms with Crippen molar-refractivity contribution >= 4 is 17.6 Å². The van der Waals surface area contributed by atoms with E-state index in [1.165, 1.54) is 26.4 Å². The number of ether oxygens (including phenoxy) is 3. The highest BCUT2D eigenvalue weighted by Gasteiger charge is 2.43. The van der Waals surface area contributed by atoms with Gasteiger partial charge in [0.05, 0.1) is 20.1 Å². The molecule has 1 aliphatic heterocycles. The molecule has 1 aliphatic rings. The molecule has 4 aromatic rings. The van der Waals surface area contributed by atoms with Crippen molar-refractivity contribution in [2.24, 2.45) is 0 Å². The topological polar surface area (TPSA) is 82.1 Å². The van der Waals surface area contributed by atoms with Gasteiger partial charge in [-0.1, -0.05) is 72.8 Å². The smallest absolute Gasteiger partial charge is 0.185 e. The molecule has 4 aromatic carbocycles. The lowest BCUT2D eigenvalue weighted by Crippen LogP contribution is -2.19. The first-order chi connectivity index (χ1) is 18.5. The maximum atomic E-state index is 13.9. The molecule has 0 fully saturated rings. The molecular weight excluding hydrogens is 480 g/mol. The zero-order valence-electron chi connectivity index (χ0n) is 21.0. The van der Waals surface area contributed by atoms with Gasteiger partial charge in [-0.15, -0.1) is 0 Å². The molecule has 0 amide bonds. The van der Waals surface area contributed by atoms with Gasteiger partial charge in [-0.05, 0) is 41.5 Å². The Hall–Kier alpha value is -4.84. The molecule has 6 heteroatoms. The predicted molar refractivity (Wildman–Crippen MR) is 144 cm³/mol. The molecule has 0 aromatic heterocycles. The highest BCUT2D eigenvalue weighted by molar-refractivity contribution is 6.07.